The molecule has 3 aromatic rings. The second-order valence-corrected chi connectivity index (χ2v) is 12.6. The van der Waals surface area contributed by atoms with Crippen LogP contribution in [0.25, 0.3) is 5.65 Å². The van der Waals surface area contributed by atoms with E-state index in [1.807, 2.05) is 0 Å². The Kier molecular flexibility index (Phi) is 6.56. The van der Waals surface area contributed by atoms with Crippen LogP contribution in [0.2, 0.25) is 5.15 Å². The van der Waals surface area contributed by atoms with Crippen molar-refractivity contribution in [1.29, 1.82) is 0 Å². The van der Waals surface area contributed by atoms with Crippen molar-refractivity contribution >= 4 is 34.5 Å². The number of nitrogens with zero attached hydrogens (tertiary/aromatic N) is 5. The summed E-state index contributed by atoms with van der Waals surface area (Å²) >= 11 is 5.95. The summed E-state index contributed by atoms with van der Waals surface area (Å²) in [4.78, 5) is 20.2. The average molecular weight is 633 g/mol. The van der Waals surface area contributed by atoms with Crippen LogP contribution in [0.1, 0.15) is 37.4 Å². The number of anilines is 2. The van der Waals surface area contributed by atoms with Crippen molar-refractivity contribution < 1.29 is 35.5 Å². The summed E-state index contributed by atoms with van der Waals surface area (Å²) in [5.74, 6) is -10.3. The van der Waals surface area contributed by atoms with Gasteiger partial charge >= 0.3 is 6.18 Å². The molecule has 2 aliphatic heterocycles. The van der Waals surface area contributed by atoms with E-state index in [4.69, 9.17) is 11.6 Å². The summed E-state index contributed by atoms with van der Waals surface area (Å²) in [5.41, 5.74) is -4.03. The number of hydrogen-bond acceptors (Lipinski definition) is 5. The first-order chi connectivity index (χ1) is 19.9. The fourth-order valence-corrected chi connectivity index (χ4v) is 6.68. The number of hydrogen-bond donors (Lipinski definition) is 1. The first kappa shape index (κ1) is 29.9. The van der Waals surface area contributed by atoms with Crippen molar-refractivity contribution in [2.75, 3.05) is 38.1 Å². The maximum Gasteiger partial charge on any atom is 0.401 e. The van der Waals surface area contributed by atoms with Gasteiger partial charge in [-0.15, -0.1) is 0 Å². The molecule has 6 rings (SSSR count). The number of nitrogens with one attached hydrogen (secondary N) is 1. The number of likely N-dealkylation sites (tertiary alicyclic amines) is 1. The minimum atomic E-state index is -4.68. The molecule has 232 valence electrons. The zero-order valence-corrected chi connectivity index (χ0v) is 24.1. The zero-order chi connectivity index (χ0) is 31.3. The summed E-state index contributed by atoms with van der Waals surface area (Å²) in [7, 11) is 1.68. The predicted octanol–water partition coefficient (Wildman–Crippen LogP) is 5.80. The van der Waals surface area contributed by atoms with Gasteiger partial charge in [0.15, 0.2) is 10.8 Å². The Morgan fingerprint density at radius 2 is 1.81 bits per heavy atom. The van der Waals surface area contributed by atoms with Crippen molar-refractivity contribution in [3.8, 4) is 0 Å². The van der Waals surface area contributed by atoms with Crippen molar-refractivity contribution in [1.82, 2.24) is 24.8 Å². The maximum absolute atomic E-state index is 15.2. The van der Waals surface area contributed by atoms with E-state index in [1.54, 1.807) is 11.9 Å². The first-order valence-corrected chi connectivity index (χ1v) is 14.0. The van der Waals surface area contributed by atoms with Gasteiger partial charge in [-0.25, -0.2) is 27.1 Å². The van der Waals surface area contributed by atoms with E-state index >= 15 is 8.78 Å². The van der Waals surface area contributed by atoms with Gasteiger partial charge in [-0.05, 0) is 38.6 Å². The van der Waals surface area contributed by atoms with Crippen LogP contribution < -0.4 is 10.2 Å². The molecular weight excluding hydrogens is 605 g/mol. The number of halogens is 8. The molecule has 1 saturated carbocycles. The highest BCUT2D eigenvalue weighted by Gasteiger charge is 2.82. The maximum atomic E-state index is 15.2. The zero-order valence-electron chi connectivity index (χ0n) is 23.3. The topological polar surface area (TPSA) is 65.8 Å². The summed E-state index contributed by atoms with van der Waals surface area (Å²) < 4.78 is 103. The Morgan fingerprint density at radius 3 is 2.47 bits per heavy atom. The molecule has 1 aromatic carbocycles. The van der Waals surface area contributed by atoms with E-state index in [-0.39, 0.29) is 52.9 Å². The van der Waals surface area contributed by atoms with Crippen LogP contribution in [0.15, 0.2) is 36.5 Å². The van der Waals surface area contributed by atoms with Gasteiger partial charge in [0.2, 0.25) is 5.91 Å². The molecule has 0 bridgehead atoms. The lowest BCUT2D eigenvalue weighted by Gasteiger charge is -2.36. The van der Waals surface area contributed by atoms with Gasteiger partial charge in [-0.1, -0.05) is 23.7 Å². The fraction of sp³-hybridized carbons (Fsp3) is 0.536. The number of amides is 1. The molecule has 3 aliphatic rings. The van der Waals surface area contributed by atoms with E-state index in [1.165, 1.54) is 41.4 Å². The molecule has 2 fully saturated rings. The molecule has 1 unspecified atom stereocenters. The number of rotatable bonds is 5. The van der Waals surface area contributed by atoms with E-state index in [2.05, 4.69) is 15.4 Å². The van der Waals surface area contributed by atoms with E-state index in [0.29, 0.717) is 0 Å². The normalized spacial score (nSPS) is 30.0. The van der Waals surface area contributed by atoms with Crippen LogP contribution in [0, 0.1) is 11.3 Å². The minimum Gasteiger partial charge on any atom is -0.355 e. The smallest absolute Gasteiger partial charge is 0.355 e. The first-order valence-electron chi connectivity index (χ1n) is 13.6. The standard InChI is InChI=1S/C28H28ClF7N6O/c1-24(28(34,35)36)14-41(18-12-37-20-10-19(29)39-42(20)22(18)24)17-6-4-15(5-7-17)21-25(2,27(21,32)33)23(43)38-11-16-13-40(3)9-8-26(16,30)31/h4-7,10,12,16,21H,8-9,11,13-14H2,1-3H3,(H,38,43)/t16?,21-,24-,25+/m1/s1. The van der Waals surface area contributed by atoms with Crippen LogP contribution in [-0.4, -0.2) is 76.7 Å². The fourth-order valence-electron chi connectivity index (χ4n) is 6.50. The van der Waals surface area contributed by atoms with Crippen LogP contribution in [0.4, 0.5) is 42.1 Å². The Morgan fingerprint density at radius 1 is 1.14 bits per heavy atom. The van der Waals surface area contributed by atoms with Gasteiger partial charge in [0.05, 0.1) is 29.4 Å². The van der Waals surface area contributed by atoms with Crippen LogP contribution in [-0.2, 0) is 10.2 Å². The quantitative estimate of drug-likeness (QED) is 0.361. The lowest BCUT2D eigenvalue weighted by atomic mass is 9.87. The van der Waals surface area contributed by atoms with Crippen molar-refractivity contribution in [3.05, 3.63) is 52.9 Å². The van der Waals surface area contributed by atoms with Crippen LogP contribution in [0.5, 0.6) is 0 Å². The molecule has 1 saturated heterocycles. The highest BCUT2D eigenvalue weighted by molar-refractivity contribution is 6.29. The molecule has 43 heavy (non-hydrogen) atoms. The van der Waals surface area contributed by atoms with Crippen molar-refractivity contribution in [2.45, 2.75) is 49.6 Å². The van der Waals surface area contributed by atoms with Gasteiger partial charge in [0.25, 0.3) is 11.8 Å². The molecule has 0 radical (unpaired) electrons. The molecule has 1 aliphatic carbocycles. The third kappa shape index (κ3) is 4.38. The number of carbonyl (C=O) groups excluding carboxylic acids is 1. The van der Waals surface area contributed by atoms with Gasteiger partial charge in [0, 0.05) is 44.4 Å². The van der Waals surface area contributed by atoms with Crippen molar-refractivity contribution in [3.63, 3.8) is 0 Å². The highest BCUT2D eigenvalue weighted by Crippen LogP contribution is 2.71. The molecular formula is C28H28ClF7N6O. The molecule has 15 heteroatoms. The monoisotopic (exact) mass is 632 g/mol. The summed E-state index contributed by atoms with van der Waals surface area (Å²) in [6, 6.07) is 6.85. The highest BCUT2D eigenvalue weighted by atomic mass is 35.5. The Bertz CT molecular complexity index is 1590. The average Bonchev–Trinajstić information content (AvgIpc) is 3.19. The second kappa shape index (κ2) is 9.43. The lowest BCUT2D eigenvalue weighted by molar-refractivity contribution is -0.181. The van der Waals surface area contributed by atoms with E-state index in [9.17, 15) is 26.7 Å². The van der Waals surface area contributed by atoms with Crippen LogP contribution >= 0.6 is 11.6 Å². The van der Waals surface area contributed by atoms with Gasteiger partial charge in [-0.3, -0.25) is 4.79 Å². The van der Waals surface area contributed by atoms with Gasteiger partial charge in [-0.2, -0.15) is 18.3 Å². The molecule has 4 atom stereocenters. The largest absolute Gasteiger partial charge is 0.401 e. The number of carbonyl (C=O) groups is 1. The van der Waals surface area contributed by atoms with E-state index in [0.717, 1.165) is 18.4 Å². The molecule has 2 aromatic heterocycles. The lowest BCUT2D eigenvalue weighted by Crippen LogP contribution is -2.51. The third-order valence-corrected chi connectivity index (χ3v) is 9.56. The number of piperidine rings is 1. The van der Waals surface area contributed by atoms with Crippen LogP contribution in [0.3, 0.4) is 0 Å². The molecule has 0 spiro atoms. The van der Waals surface area contributed by atoms with Gasteiger partial charge in [0.1, 0.15) is 10.8 Å². The summed E-state index contributed by atoms with van der Waals surface area (Å²) in [6.45, 7) is 1.39. The number of alkyl halides is 7. The minimum absolute atomic E-state index is 0.0206. The molecule has 7 nitrogen and oxygen atoms in total. The third-order valence-electron chi connectivity index (χ3n) is 9.37. The summed E-state index contributed by atoms with van der Waals surface area (Å²) in [6.07, 6.45) is -3.77. The number of benzene rings is 1. The Balaban J connectivity index is 1.25. The molecule has 1 N–H and O–H groups in total. The molecule has 1 amide bonds. The summed E-state index contributed by atoms with van der Waals surface area (Å²) in [5, 5.41) is 6.31. The van der Waals surface area contributed by atoms with E-state index < -0.39 is 59.7 Å². The Labute approximate surface area is 247 Å². The predicted molar refractivity (Wildman–Crippen MR) is 144 cm³/mol. The number of aromatic nitrogens is 3. The van der Waals surface area contributed by atoms with Gasteiger partial charge < -0.3 is 15.1 Å². The SMILES string of the molecule is CN1CCC(F)(F)C(CNC(=O)[C@]2(C)[C@@H](c3ccc(N4C[C@@](C)(C(F)(F)F)c5c4cnc4cc(Cl)nn54)cc3)C2(F)F)C1. The van der Waals surface area contributed by atoms with Crippen molar-refractivity contribution in [2.24, 2.45) is 11.3 Å². The second-order valence-electron chi connectivity index (χ2n) is 12.2. The Hall–Kier alpha value is -3.13. The number of fused-ring (bicyclic) bond motifs is 3. The molecule has 4 heterocycles.